The zero-order valence-corrected chi connectivity index (χ0v) is 28.0. The first kappa shape index (κ1) is 42.9. The Balaban J connectivity index is -0.000000498. The standard InChI is InChI=1S/3C10H20O2S/c1-8(2)6-4-3-5-7-9(13)10(11)12;2*1-2-3-4-5-6-7-10(11)12-8-9-13/h8-9,13H,3-7H2,1-2H3,(H,11,12);2*13H,2-9H2,1H3. The van der Waals surface area contributed by atoms with Gasteiger partial charge in [0.1, 0.15) is 13.2 Å². The lowest BCUT2D eigenvalue weighted by atomic mass is 10.0. The van der Waals surface area contributed by atoms with Crippen molar-refractivity contribution in [2.24, 2.45) is 5.92 Å². The van der Waals surface area contributed by atoms with Gasteiger partial charge in [-0.25, -0.2) is 0 Å². The highest BCUT2D eigenvalue weighted by molar-refractivity contribution is 7.81. The van der Waals surface area contributed by atoms with Gasteiger partial charge in [0.2, 0.25) is 0 Å². The molecule has 0 aromatic rings. The Labute approximate surface area is 256 Å². The molecule has 0 rings (SSSR count). The fourth-order valence-corrected chi connectivity index (χ4v) is 3.76. The largest absolute Gasteiger partial charge is 0.480 e. The molecule has 1 unspecified atom stereocenters. The molecule has 0 saturated heterocycles. The molecule has 1 N–H and O–H groups in total. The Hall–Kier alpha value is -0.540. The van der Waals surface area contributed by atoms with Crippen LogP contribution in [0.15, 0.2) is 0 Å². The number of carbonyl (C=O) groups excluding carboxylic acids is 2. The van der Waals surface area contributed by atoms with Gasteiger partial charge in [-0.1, -0.05) is 105 Å². The zero-order chi connectivity index (χ0) is 30.2. The van der Waals surface area contributed by atoms with Gasteiger partial charge in [-0.05, 0) is 25.2 Å². The molecule has 1 atom stereocenters. The molecule has 0 aliphatic rings. The molecule has 0 amide bonds. The molecule has 0 aromatic heterocycles. The molecule has 0 spiro atoms. The van der Waals surface area contributed by atoms with Crippen molar-refractivity contribution in [3.05, 3.63) is 0 Å². The highest BCUT2D eigenvalue weighted by Crippen LogP contribution is 2.13. The predicted octanol–water partition coefficient (Wildman–Crippen LogP) is 8.62. The van der Waals surface area contributed by atoms with Crippen LogP contribution in [0, 0.1) is 5.92 Å². The van der Waals surface area contributed by atoms with Gasteiger partial charge in [-0.15, -0.1) is 0 Å². The smallest absolute Gasteiger partial charge is 0.316 e. The third kappa shape index (κ3) is 42.1. The van der Waals surface area contributed by atoms with Crippen molar-refractivity contribution in [2.45, 2.75) is 142 Å². The van der Waals surface area contributed by atoms with Crippen LogP contribution >= 0.6 is 37.9 Å². The minimum atomic E-state index is -0.799. The van der Waals surface area contributed by atoms with Gasteiger partial charge in [0.15, 0.2) is 0 Å². The van der Waals surface area contributed by atoms with Crippen LogP contribution < -0.4 is 0 Å². The van der Waals surface area contributed by atoms with Crippen LogP contribution in [0.25, 0.3) is 0 Å². The second-order valence-corrected chi connectivity index (χ2v) is 11.6. The predicted molar refractivity (Wildman–Crippen MR) is 175 cm³/mol. The average molecular weight is 613 g/mol. The van der Waals surface area contributed by atoms with Crippen LogP contribution in [0.2, 0.25) is 0 Å². The number of ether oxygens (including phenoxy) is 2. The van der Waals surface area contributed by atoms with Gasteiger partial charge in [-0.3, -0.25) is 14.4 Å². The Morgan fingerprint density at radius 3 is 1.38 bits per heavy atom. The lowest BCUT2D eigenvalue weighted by molar-refractivity contribution is -0.144. The van der Waals surface area contributed by atoms with Crippen molar-refractivity contribution in [3.8, 4) is 0 Å². The van der Waals surface area contributed by atoms with Crippen LogP contribution in [0.5, 0.6) is 0 Å². The summed E-state index contributed by atoms with van der Waals surface area (Å²) in [6, 6.07) is 0. The van der Waals surface area contributed by atoms with Crippen LogP contribution in [0.1, 0.15) is 137 Å². The Morgan fingerprint density at radius 1 is 0.641 bits per heavy atom. The monoisotopic (exact) mass is 612 g/mol. The number of esters is 2. The van der Waals surface area contributed by atoms with E-state index in [4.69, 9.17) is 14.6 Å². The molecular formula is C30H60O6S3. The van der Waals surface area contributed by atoms with E-state index >= 15 is 0 Å². The van der Waals surface area contributed by atoms with Crippen molar-refractivity contribution in [1.82, 2.24) is 0 Å². The Bertz CT molecular complexity index is 517. The molecule has 39 heavy (non-hydrogen) atoms. The van der Waals surface area contributed by atoms with E-state index < -0.39 is 11.2 Å². The van der Waals surface area contributed by atoms with Gasteiger partial charge in [0.05, 0.1) is 5.25 Å². The number of rotatable bonds is 23. The van der Waals surface area contributed by atoms with Gasteiger partial charge in [0.25, 0.3) is 0 Å². The fourth-order valence-electron chi connectivity index (χ4n) is 3.40. The first-order valence-corrected chi connectivity index (χ1v) is 16.9. The Morgan fingerprint density at radius 2 is 1.03 bits per heavy atom. The van der Waals surface area contributed by atoms with E-state index in [9.17, 15) is 14.4 Å². The van der Waals surface area contributed by atoms with Crippen molar-refractivity contribution in [3.63, 3.8) is 0 Å². The molecular weight excluding hydrogens is 553 g/mol. The maximum Gasteiger partial charge on any atom is 0.316 e. The number of thiol groups is 3. The molecule has 0 aliphatic heterocycles. The highest BCUT2D eigenvalue weighted by atomic mass is 32.1. The number of hydrogen-bond acceptors (Lipinski definition) is 8. The number of hydrogen-bond donors (Lipinski definition) is 4. The van der Waals surface area contributed by atoms with E-state index in [0.717, 1.165) is 44.4 Å². The summed E-state index contributed by atoms with van der Waals surface area (Å²) in [7, 11) is 0. The van der Waals surface area contributed by atoms with E-state index in [1.54, 1.807) is 0 Å². The molecule has 0 aromatic carbocycles. The van der Waals surface area contributed by atoms with Gasteiger partial charge in [-0.2, -0.15) is 37.9 Å². The van der Waals surface area contributed by atoms with Crippen LogP contribution in [0.4, 0.5) is 0 Å². The quantitative estimate of drug-likeness (QED) is 0.0525. The molecule has 6 nitrogen and oxygen atoms in total. The molecule has 9 heteroatoms. The summed E-state index contributed by atoms with van der Waals surface area (Å²) < 4.78 is 9.76. The summed E-state index contributed by atoms with van der Waals surface area (Å²) in [5.41, 5.74) is 0. The zero-order valence-electron chi connectivity index (χ0n) is 25.3. The van der Waals surface area contributed by atoms with Crippen LogP contribution in [0.3, 0.4) is 0 Å². The normalized spacial score (nSPS) is 11.1. The van der Waals surface area contributed by atoms with Crippen molar-refractivity contribution >= 4 is 55.8 Å². The first-order chi connectivity index (χ1) is 18.7. The summed E-state index contributed by atoms with van der Waals surface area (Å²) in [5.74, 6) is 1.03. The number of carboxylic acid groups (broad SMARTS) is 1. The van der Waals surface area contributed by atoms with Crippen molar-refractivity contribution in [2.75, 3.05) is 24.7 Å². The van der Waals surface area contributed by atoms with Gasteiger partial charge in [0, 0.05) is 24.3 Å². The minimum absolute atomic E-state index is 0.0782. The number of carbonyl (C=O) groups is 3. The number of aliphatic carboxylic acids is 1. The SMILES string of the molecule is CC(C)CCCCCC(S)C(=O)O.CCCCCCCC(=O)OCCS.CCCCCCCC(=O)OCCS. The van der Waals surface area contributed by atoms with E-state index in [1.807, 2.05) is 0 Å². The molecule has 0 bridgehead atoms. The first-order valence-electron chi connectivity index (χ1n) is 15.1. The average Bonchev–Trinajstić information content (AvgIpc) is 2.90. The topological polar surface area (TPSA) is 89.9 Å². The van der Waals surface area contributed by atoms with Gasteiger partial charge >= 0.3 is 17.9 Å². The van der Waals surface area contributed by atoms with Crippen LogP contribution in [-0.2, 0) is 23.9 Å². The summed E-state index contributed by atoms with van der Waals surface area (Å²) in [4.78, 5) is 32.4. The Kier molecular flexibility index (Phi) is 39.1. The highest BCUT2D eigenvalue weighted by Gasteiger charge is 2.10. The number of carboxylic acids is 1. The van der Waals surface area contributed by atoms with E-state index in [-0.39, 0.29) is 11.9 Å². The molecule has 234 valence electrons. The summed E-state index contributed by atoms with van der Waals surface area (Å²) in [5, 5.41) is 8.08. The summed E-state index contributed by atoms with van der Waals surface area (Å²) >= 11 is 11.9. The third-order valence-corrected chi connectivity index (χ3v) is 6.57. The second-order valence-electron chi connectivity index (χ2n) is 10.1. The number of unbranched alkanes of at least 4 members (excludes halogenated alkanes) is 10. The van der Waals surface area contributed by atoms with E-state index in [1.165, 1.54) is 51.4 Å². The lowest BCUT2D eigenvalue weighted by Gasteiger charge is -2.06. The van der Waals surface area contributed by atoms with Crippen molar-refractivity contribution < 1.29 is 29.0 Å². The van der Waals surface area contributed by atoms with Crippen molar-refractivity contribution in [1.29, 1.82) is 0 Å². The summed E-state index contributed by atoms with van der Waals surface area (Å²) in [6.07, 6.45) is 18.1. The molecule has 0 aliphatic carbocycles. The van der Waals surface area contributed by atoms with E-state index in [0.29, 0.717) is 44.0 Å². The van der Waals surface area contributed by atoms with E-state index in [2.05, 4.69) is 65.6 Å². The van der Waals surface area contributed by atoms with Crippen LogP contribution in [-0.4, -0.2) is 53.0 Å². The second kappa shape index (κ2) is 35.5. The fraction of sp³-hybridized carbons (Fsp3) is 0.900. The molecule has 0 saturated carbocycles. The lowest BCUT2D eigenvalue weighted by Crippen LogP contribution is -2.12. The molecule has 0 heterocycles. The third-order valence-electron chi connectivity index (χ3n) is 5.72. The molecule has 0 fully saturated rings. The van der Waals surface area contributed by atoms with Gasteiger partial charge < -0.3 is 14.6 Å². The maximum absolute atomic E-state index is 11.0. The minimum Gasteiger partial charge on any atom is -0.480 e. The summed E-state index contributed by atoms with van der Waals surface area (Å²) in [6.45, 7) is 9.66. The molecule has 0 radical (unpaired) electrons. The maximum atomic E-state index is 11.0.